The molecule has 0 aliphatic carbocycles. The topological polar surface area (TPSA) is 72.2 Å². The molecule has 2 aromatic carbocycles. The van der Waals surface area contributed by atoms with Crippen LogP contribution in [0.15, 0.2) is 40.9 Å². The van der Waals surface area contributed by atoms with Crippen LogP contribution in [0.3, 0.4) is 0 Å². The molecule has 21 heavy (non-hydrogen) atoms. The van der Waals surface area contributed by atoms with Gasteiger partial charge in [-0.1, -0.05) is 17.7 Å². The molecule has 0 saturated carbocycles. The van der Waals surface area contributed by atoms with Gasteiger partial charge >= 0.3 is 0 Å². The normalized spacial score (nSPS) is 10.2. The summed E-state index contributed by atoms with van der Waals surface area (Å²) in [6.45, 7) is 1.55. The summed E-state index contributed by atoms with van der Waals surface area (Å²) in [6.07, 6.45) is 0. The summed E-state index contributed by atoms with van der Waals surface area (Å²) >= 11 is 9.13. The second-order valence-corrected chi connectivity index (χ2v) is 5.58. The van der Waals surface area contributed by atoms with Crippen molar-refractivity contribution in [1.29, 1.82) is 0 Å². The molecule has 0 heterocycles. The number of anilines is 1. The van der Waals surface area contributed by atoms with Crippen LogP contribution in [0.5, 0.6) is 0 Å². The van der Waals surface area contributed by atoms with E-state index in [1.165, 1.54) is 12.1 Å². The van der Waals surface area contributed by atoms with Crippen LogP contribution < -0.4 is 5.32 Å². The zero-order valence-corrected chi connectivity index (χ0v) is 13.2. The Bertz CT molecular complexity index is 734. The quantitative estimate of drug-likeness (QED) is 0.636. The summed E-state index contributed by atoms with van der Waals surface area (Å²) in [6, 6.07) is 9.33. The number of rotatable bonds is 3. The highest BCUT2D eigenvalue weighted by molar-refractivity contribution is 9.10. The van der Waals surface area contributed by atoms with Gasteiger partial charge in [-0.2, -0.15) is 0 Å². The van der Waals surface area contributed by atoms with Gasteiger partial charge in [-0.05, 0) is 47.1 Å². The summed E-state index contributed by atoms with van der Waals surface area (Å²) in [5, 5.41) is 14.1. The number of carbonyl (C=O) groups excluding carboxylic acids is 1. The number of carbonyl (C=O) groups is 1. The number of halogens is 2. The molecule has 0 saturated heterocycles. The zero-order valence-electron chi connectivity index (χ0n) is 10.9. The summed E-state index contributed by atoms with van der Waals surface area (Å²) in [5.74, 6) is -0.417. The monoisotopic (exact) mass is 368 g/mol. The van der Waals surface area contributed by atoms with Crippen molar-refractivity contribution in [2.45, 2.75) is 6.92 Å². The predicted octanol–water partition coefficient (Wildman–Crippen LogP) is 4.57. The van der Waals surface area contributed by atoms with Gasteiger partial charge in [0.15, 0.2) is 0 Å². The third-order valence-electron chi connectivity index (χ3n) is 2.93. The van der Waals surface area contributed by atoms with Crippen molar-refractivity contribution in [3.05, 3.63) is 67.1 Å². The fourth-order valence-corrected chi connectivity index (χ4v) is 2.63. The third-order valence-corrected chi connectivity index (χ3v) is 3.82. The lowest BCUT2D eigenvalue weighted by Gasteiger charge is -2.09. The molecule has 5 nitrogen and oxygen atoms in total. The molecular formula is C14H10BrClN2O3. The van der Waals surface area contributed by atoms with Gasteiger partial charge in [0.05, 0.1) is 10.6 Å². The van der Waals surface area contributed by atoms with Gasteiger partial charge in [0.2, 0.25) is 0 Å². The molecule has 108 valence electrons. The molecule has 2 rings (SSSR count). The lowest BCUT2D eigenvalue weighted by molar-refractivity contribution is -0.385. The van der Waals surface area contributed by atoms with Crippen molar-refractivity contribution < 1.29 is 9.72 Å². The second-order valence-electron chi connectivity index (χ2n) is 4.29. The molecule has 0 fully saturated rings. The standard InChI is InChI=1S/C14H10BrClN2O3/c1-8-10(3-2-4-13(8)18(20)21)14(19)17-12-6-5-9(16)7-11(12)15/h2-7H,1H3,(H,17,19). The minimum Gasteiger partial charge on any atom is -0.321 e. The van der Waals surface area contributed by atoms with Crippen LogP contribution >= 0.6 is 27.5 Å². The first-order valence-electron chi connectivity index (χ1n) is 5.90. The molecule has 0 atom stereocenters. The van der Waals surface area contributed by atoms with E-state index in [1.54, 1.807) is 31.2 Å². The minimum absolute atomic E-state index is 0.0854. The molecule has 0 aromatic heterocycles. The molecule has 1 N–H and O–H groups in total. The van der Waals surface area contributed by atoms with Crippen molar-refractivity contribution in [2.75, 3.05) is 5.32 Å². The summed E-state index contributed by atoms with van der Waals surface area (Å²) in [5.41, 5.74) is 1.03. The van der Waals surface area contributed by atoms with Crippen molar-refractivity contribution >= 4 is 44.8 Å². The van der Waals surface area contributed by atoms with E-state index in [9.17, 15) is 14.9 Å². The van der Waals surface area contributed by atoms with E-state index >= 15 is 0 Å². The molecule has 0 spiro atoms. The highest BCUT2D eigenvalue weighted by Crippen LogP contribution is 2.27. The Kier molecular flexibility index (Phi) is 4.59. The number of benzene rings is 2. The molecule has 7 heteroatoms. The van der Waals surface area contributed by atoms with Crippen LogP contribution in [-0.2, 0) is 0 Å². The Morgan fingerprint density at radius 3 is 2.67 bits per heavy atom. The SMILES string of the molecule is Cc1c(C(=O)Nc2ccc(Cl)cc2Br)cccc1[N+](=O)[O-]. The van der Waals surface area contributed by atoms with Crippen LogP contribution in [-0.4, -0.2) is 10.8 Å². The fourth-order valence-electron chi connectivity index (χ4n) is 1.85. The number of nitro benzene ring substituents is 1. The number of nitrogens with one attached hydrogen (secondary N) is 1. The van der Waals surface area contributed by atoms with Crippen LogP contribution in [0.1, 0.15) is 15.9 Å². The van der Waals surface area contributed by atoms with Gasteiger partial charge in [-0.3, -0.25) is 14.9 Å². The van der Waals surface area contributed by atoms with Crippen LogP contribution in [0.25, 0.3) is 0 Å². The first-order chi connectivity index (χ1) is 9.90. The highest BCUT2D eigenvalue weighted by atomic mass is 79.9. The molecular weight excluding hydrogens is 360 g/mol. The summed E-state index contributed by atoms with van der Waals surface area (Å²) < 4.78 is 0.631. The maximum Gasteiger partial charge on any atom is 0.273 e. The van der Waals surface area contributed by atoms with E-state index in [-0.39, 0.29) is 11.3 Å². The maximum absolute atomic E-state index is 12.3. The average molecular weight is 370 g/mol. The Labute approximate surface area is 134 Å². The molecule has 0 bridgehead atoms. The smallest absolute Gasteiger partial charge is 0.273 e. The van der Waals surface area contributed by atoms with E-state index in [1.807, 2.05) is 0 Å². The van der Waals surface area contributed by atoms with E-state index in [0.29, 0.717) is 20.7 Å². The van der Waals surface area contributed by atoms with Crippen LogP contribution in [0.4, 0.5) is 11.4 Å². The molecule has 2 aromatic rings. The van der Waals surface area contributed by atoms with E-state index in [2.05, 4.69) is 21.2 Å². The number of hydrogen-bond donors (Lipinski definition) is 1. The third kappa shape index (κ3) is 3.40. The van der Waals surface area contributed by atoms with Crippen LogP contribution in [0.2, 0.25) is 5.02 Å². The Morgan fingerprint density at radius 1 is 1.33 bits per heavy atom. The Hall–Kier alpha value is -1.92. The van der Waals surface area contributed by atoms with Crippen LogP contribution in [0, 0.1) is 17.0 Å². The maximum atomic E-state index is 12.3. The Balaban J connectivity index is 2.33. The van der Waals surface area contributed by atoms with E-state index in [0.717, 1.165) is 0 Å². The number of hydrogen-bond acceptors (Lipinski definition) is 3. The van der Waals surface area contributed by atoms with E-state index in [4.69, 9.17) is 11.6 Å². The van der Waals surface area contributed by atoms with Gasteiger partial charge in [-0.25, -0.2) is 0 Å². The van der Waals surface area contributed by atoms with Crippen molar-refractivity contribution in [3.63, 3.8) is 0 Å². The molecule has 0 aliphatic heterocycles. The average Bonchev–Trinajstić information content (AvgIpc) is 2.41. The van der Waals surface area contributed by atoms with Crippen molar-refractivity contribution in [1.82, 2.24) is 0 Å². The predicted molar refractivity (Wildman–Crippen MR) is 84.9 cm³/mol. The Morgan fingerprint density at radius 2 is 2.05 bits per heavy atom. The number of nitro groups is 1. The van der Waals surface area contributed by atoms with Gasteiger partial charge < -0.3 is 5.32 Å². The first-order valence-corrected chi connectivity index (χ1v) is 7.07. The van der Waals surface area contributed by atoms with E-state index < -0.39 is 10.8 Å². The lowest BCUT2D eigenvalue weighted by Crippen LogP contribution is -2.14. The zero-order chi connectivity index (χ0) is 15.6. The van der Waals surface area contributed by atoms with Gasteiger partial charge in [-0.15, -0.1) is 0 Å². The van der Waals surface area contributed by atoms with Gasteiger partial charge in [0.25, 0.3) is 11.6 Å². The summed E-state index contributed by atoms with van der Waals surface area (Å²) in [7, 11) is 0. The lowest BCUT2D eigenvalue weighted by atomic mass is 10.1. The minimum atomic E-state index is -0.510. The second kappa shape index (κ2) is 6.24. The fraction of sp³-hybridized carbons (Fsp3) is 0.0714. The van der Waals surface area contributed by atoms with Gasteiger partial charge in [0.1, 0.15) is 0 Å². The number of nitrogens with zero attached hydrogens (tertiary/aromatic N) is 1. The largest absolute Gasteiger partial charge is 0.321 e. The summed E-state index contributed by atoms with van der Waals surface area (Å²) in [4.78, 5) is 22.6. The van der Waals surface area contributed by atoms with Gasteiger partial charge in [0, 0.05) is 26.7 Å². The van der Waals surface area contributed by atoms with Crippen molar-refractivity contribution in [3.8, 4) is 0 Å². The molecule has 1 amide bonds. The first kappa shape index (κ1) is 15.5. The highest BCUT2D eigenvalue weighted by Gasteiger charge is 2.18. The van der Waals surface area contributed by atoms with Crippen molar-refractivity contribution in [2.24, 2.45) is 0 Å². The molecule has 0 radical (unpaired) electrons. The number of amides is 1. The molecule has 0 unspecified atom stereocenters. The molecule has 0 aliphatic rings.